The first-order valence-corrected chi connectivity index (χ1v) is 8.88. The number of halogens is 1. The Bertz CT molecular complexity index is 785. The molecule has 0 radical (unpaired) electrons. The maximum atomic E-state index is 11.7. The van der Waals surface area contributed by atoms with Crippen LogP contribution in [0.2, 0.25) is 0 Å². The van der Waals surface area contributed by atoms with Crippen molar-refractivity contribution in [1.29, 1.82) is 0 Å². The molecule has 0 fully saturated rings. The molecule has 1 aliphatic rings. The fraction of sp³-hybridized carbons (Fsp3) is 0.350. The number of hydrogen-bond acceptors (Lipinski definition) is 3. The highest BCUT2D eigenvalue weighted by Crippen LogP contribution is 2.53. The highest BCUT2D eigenvalue weighted by Gasteiger charge is 2.46. The lowest BCUT2D eigenvalue weighted by molar-refractivity contribution is -0.154. The van der Waals surface area contributed by atoms with Crippen LogP contribution in [0.5, 0.6) is 0 Å². The Kier molecular flexibility index (Phi) is 4.43. The molecular weight excluding hydrogens is 366 g/mol. The topological polar surface area (TPSA) is 38.3 Å². The third-order valence-corrected chi connectivity index (χ3v) is 5.17. The number of aryl methyl sites for hydroxylation is 1. The minimum atomic E-state index is -0.298. The predicted octanol–water partition coefficient (Wildman–Crippen LogP) is 5.55. The quantitative estimate of drug-likeness (QED) is 0.685. The minimum absolute atomic E-state index is 0.0366. The van der Waals surface area contributed by atoms with E-state index in [2.05, 4.69) is 72.3 Å². The monoisotopic (exact) mass is 387 g/mol. The van der Waals surface area contributed by atoms with Gasteiger partial charge in [-0.25, -0.2) is 0 Å². The zero-order chi connectivity index (χ0) is 17.5. The normalized spacial score (nSPS) is 21.5. The maximum Gasteiger partial charge on any atom is 0.303 e. The molecule has 24 heavy (non-hydrogen) atoms. The standard InChI is InChI=1S/C20H22BrNO2/c1-12-8-9-17-16(10-12)19(24-13(2)23)20(3,4)18(22-17)14-6-5-7-15(21)11-14/h5-11,18-19,22H,1-4H3. The number of rotatable bonds is 2. The average molecular weight is 388 g/mol. The first-order chi connectivity index (χ1) is 11.3. The molecule has 0 aromatic heterocycles. The summed E-state index contributed by atoms with van der Waals surface area (Å²) in [5.74, 6) is -0.254. The molecule has 0 bridgehead atoms. The van der Waals surface area contributed by atoms with Crippen LogP contribution in [-0.2, 0) is 9.53 Å². The highest BCUT2D eigenvalue weighted by molar-refractivity contribution is 9.10. The van der Waals surface area contributed by atoms with Gasteiger partial charge < -0.3 is 10.1 Å². The molecule has 1 aliphatic heterocycles. The molecule has 3 rings (SSSR count). The van der Waals surface area contributed by atoms with E-state index in [1.807, 2.05) is 12.1 Å². The lowest BCUT2D eigenvalue weighted by atomic mass is 9.70. The summed E-state index contributed by atoms with van der Waals surface area (Å²) in [6.45, 7) is 7.81. The van der Waals surface area contributed by atoms with Gasteiger partial charge in [0.1, 0.15) is 6.10 Å². The van der Waals surface area contributed by atoms with Crippen LogP contribution in [-0.4, -0.2) is 5.97 Å². The van der Waals surface area contributed by atoms with Crippen molar-refractivity contribution in [1.82, 2.24) is 0 Å². The Labute approximate surface area is 151 Å². The van der Waals surface area contributed by atoms with E-state index >= 15 is 0 Å². The van der Waals surface area contributed by atoms with Gasteiger partial charge in [-0.3, -0.25) is 4.79 Å². The molecule has 4 heteroatoms. The van der Waals surface area contributed by atoms with Crippen molar-refractivity contribution in [2.45, 2.75) is 39.8 Å². The Morgan fingerprint density at radius 1 is 1.21 bits per heavy atom. The number of carbonyl (C=O) groups excluding carboxylic acids is 1. The summed E-state index contributed by atoms with van der Waals surface area (Å²) in [6.07, 6.45) is -0.296. The Morgan fingerprint density at radius 2 is 1.96 bits per heavy atom. The zero-order valence-electron chi connectivity index (χ0n) is 14.4. The summed E-state index contributed by atoms with van der Waals surface area (Å²) in [6, 6.07) is 14.6. The van der Waals surface area contributed by atoms with Gasteiger partial charge in [0.15, 0.2) is 0 Å². The van der Waals surface area contributed by atoms with Gasteiger partial charge in [-0.2, -0.15) is 0 Å². The second-order valence-electron chi connectivity index (χ2n) is 7.03. The molecule has 0 aliphatic carbocycles. The van der Waals surface area contributed by atoms with Crippen LogP contribution in [0.25, 0.3) is 0 Å². The van der Waals surface area contributed by atoms with E-state index in [0.717, 1.165) is 26.9 Å². The van der Waals surface area contributed by atoms with Gasteiger partial charge in [0.05, 0.1) is 6.04 Å². The first kappa shape index (κ1) is 17.0. The summed E-state index contributed by atoms with van der Waals surface area (Å²) < 4.78 is 6.82. The number of ether oxygens (including phenoxy) is 1. The SMILES string of the molecule is CC(=O)OC1c2cc(C)ccc2NC(c2cccc(Br)c2)C1(C)C. The number of carbonyl (C=O) groups is 1. The van der Waals surface area contributed by atoms with E-state index in [0.29, 0.717) is 0 Å². The number of anilines is 1. The molecule has 3 nitrogen and oxygen atoms in total. The van der Waals surface area contributed by atoms with Crippen LogP contribution in [0.3, 0.4) is 0 Å². The van der Waals surface area contributed by atoms with Crippen LogP contribution < -0.4 is 5.32 Å². The van der Waals surface area contributed by atoms with Gasteiger partial charge in [-0.1, -0.05) is 59.6 Å². The Morgan fingerprint density at radius 3 is 2.62 bits per heavy atom. The molecule has 2 unspecified atom stereocenters. The molecule has 0 saturated heterocycles. The highest BCUT2D eigenvalue weighted by atomic mass is 79.9. The lowest BCUT2D eigenvalue weighted by Gasteiger charge is -2.46. The van der Waals surface area contributed by atoms with Crippen molar-refractivity contribution in [3.05, 3.63) is 63.6 Å². The molecule has 1 N–H and O–H groups in total. The summed E-state index contributed by atoms with van der Waals surface area (Å²) in [7, 11) is 0. The molecular formula is C20H22BrNO2. The predicted molar refractivity (Wildman–Crippen MR) is 100.0 cm³/mol. The van der Waals surface area contributed by atoms with Gasteiger partial charge >= 0.3 is 5.97 Å². The van der Waals surface area contributed by atoms with Gasteiger partial charge in [0.2, 0.25) is 0 Å². The molecule has 1 heterocycles. The molecule has 126 valence electrons. The van der Waals surface area contributed by atoms with Crippen LogP contribution in [0.4, 0.5) is 5.69 Å². The number of esters is 1. The smallest absolute Gasteiger partial charge is 0.303 e. The third-order valence-electron chi connectivity index (χ3n) is 4.67. The molecule has 2 atom stereocenters. The second kappa shape index (κ2) is 6.25. The van der Waals surface area contributed by atoms with E-state index in [9.17, 15) is 4.79 Å². The van der Waals surface area contributed by atoms with Gasteiger partial charge in [-0.05, 0) is 30.7 Å². The zero-order valence-corrected chi connectivity index (χ0v) is 16.0. The number of nitrogens with one attached hydrogen (secondary N) is 1. The number of benzene rings is 2. The first-order valence-electron chi connectivity index (χ1n) is 8.09. The van der Waals surface area contributed by atoms with Crippen LogP contribution in [0, 0.1) is 12.3 Å². The average Bonchev–Trinajstić information content (AvgIpc) is 2.50. The van der Waals surface area contributed by atoms with E-state index in [4.69, 9.17) is 4.74 Å². The molecule has 0 amide bonds. The van der Waals surface area contributed by atoms with E-state index in [-0.39, 0.29) is 23.5 Å². The van der Waals surface area contributed by atoms with E-state index < -0.39 is 0 Å². The van der Waals surface area contributed by atoms with Gasteiger partial charge in [-0.15, -0.1) is 0 Å². The lowest BCUT2D eigenvalue weighted by Crippen LogP contribution is -2.40. The van der Waals surface area contributed by atoms with Gasteiger partial charge in [0.25, 0.3) is 0 Å². The van der Waals surface area contributed by atoms with Crippen molar-refractivity contribution in [3.8, 4) is 0 Å². The van der Waals surface area contributed by atoms with Crippen LogP contribution >= 0.6 is 15.9 Å². The molecule has 0 saturated carbocycles. The fourth-order valence-electron chi connectivity index (χ4n) is 3.50. The number of fused-ring (bicyclic) bond motifs is 1. The van der Waals surface area contributed by atoms with Crippen molar-refractivity contribution in [2.24, 2.45) is 5.41 Å². The van der Waals surface area contributed by atoms with Crippen molar-refractivity contribution < 1.29 is 9.53 Å². The largest absolute Gasteiger partial charge is 0.457 e. The minimum Gasteiger partial charge on any atom is -0.457 e. The molecule has 2 aromatic rings. The van der Waals surface area contributed by atoms with Crippen molar-refractivity contribution in [3.63, 3.8) is 0 Å². The Hall–Kier alpha value is -1.81. The Balaban J connectivity index is 2.13. The maximum absolute atomic E-state index is 11.7. The molecule has 0 spiro atoms. The number of hydrogen-bond donors (Lipinski definition) is 1. The second-order valence-corrected chi connectivity index (χ2v) is 7.95. The third kappa shape index (κ3) is 3.07. The van der Waals surface area contributed by atoms with E-state index in [1.54, 1.807) is 0 Å². The van der Waals surface area contributed by atoms with Crippen LogP contribution in [0.15, 0.2) is 46.9 Å². The van der Waals surface area contributed by atoms with E-state index in [1.165, 1.54) is 6.92 Å². The summed E-state index contributed by atoms with van der Waals surface area (Å²) in [5, 5.41) is 3.65. The van der Waals surface area contributed by atoms with Crippen molar-refractivity contribution in [2.75, 3.05) is 5.32 Å². The van der Waals surface area contributed by atoms with Crippen LogP contribution in [0.1, 0.15) is 49.6 Å². The van der Waals surface area contributed by atoms with Gasteiger partial charge in [0, 0.05) is 28.1 Å². The fourth-order valence-corrected chi connectivity index (χ4v) is 3.92. The summed E-state index contributed by atoms with van der Waals surface area (Å²) >= 11 is 3.55. The molecule has 2 aromatic carbocycles. The summed E-state index contributed by atoms with van der Waals surface area (Å²) in [5.41, 5.74) is 4.09. The summed E-state index contributed by atoms with van der Waals surface area (Å²) in [4.78, 5) is 11.7. The van der Waals surface area contributed by atoms with Crippen molar-refractivity contribution >= 4 is 27.6 Å².